The van der Waals surface area contributed by atoms with E-state index < -0.39 is 0 Å². The smallest absolute Gasteiger partial charge is 0.229 e. The van der Waals surface area contributed by atoms with Gasteiger partial charge in [0.1, 0.15) is 5.75 Å². The van der Waals surface area contributed by atoms with Crippen LogP contribution in [0.5, 0.6) is 5.75 Å². The average molecular weight is 447 g/mol. The molecule has 3 fully saturated rings. The maximum Gasteiger partial charge on any atom is 0.229 e. The molecule has 154 valence electrons. The molecular formula is C22H26N2O2S3. The minimum absolute atomic E-state index is 0.131. The van der Waals surface area contributed by atoms with Crippen molar-refractivity contribution in [2.24, 2.45) is 17.8 Å². The summed E-state index contributed by atoms with van der Waals surface area (Å²) < 4.78 is 5.63. The Balaban J connectivity index is 1.26. The SMILES string of the molecule is COc1ccc(-c2csc(NC(=O)C3CC4CCCC(C3)C43SCCS3)n2)cc1. The van der Waals surface area contributed by atoms with Gasteiger partial charge in [-0.1, -0.05) is 6.42 Å². The fourth-order valence-corrected chi connectivity index (χ4v) is 9.92. The number of hydrogen-bond acceptors (Lipinski definition) is 6. The van der Waals surface area contributed by atoms with Crippen LogP contribution in [0.15, 0.2) is 29.6 Å². The van der Waals surface area contributed by atoms with Crippen LogP contribution in [-0.4, -0.2) is 33.6 Å². The van der Waals surface area contributed by atoms with Crippen LogP contribution < -0.4 is 10.1 Å². The molecule has 2 atom stereocenters. The second-order valence-corrected chi connectivity index (χ2v) is 12.0. The molecule has 1 aromatic heterocycles. The molecule has 2 heterocycles. The standard InChI is InChI=1S/C22H26N2O2S3/c1-26-18-7-5-14(6-8-18)19-13-27-21(23-19)24-20(25)15-11-16-3-2-4-17(12-15)22(16)28-9-10-29-22/h5-8,13,15-17H,2-4,9-12H2,1H3,(H,23,24,25). The van der Waals surface area contributed by atoms with E-state index in [1.807, 2.05) is 29.6 Å². The highest BCUT2D eigenvalue weighted by Crippen LogP contribution is 2.64. The van der Waals surface area contributed by atoms with Crippen LogP contribution in [0.3, 0.4) is 0 Å². The lowest BCUT2D eigenvalue weighted by molar-refractivity contribution is -0.122. The van der Waals surface area contributed by atoms with E-state index in [2.05, 4.69) is 33.8 Å². The fraction of sp³-hybridized carbons (Fsp3) is 0.545. The first kappa shape index (κ1) is 19.8. The average Bonchev–Trinajstić information content (AvgIpc) is 3.38. The van der Waals surface area contributed by atoms with Crippen molar-refractivity contribution in [2.45, 2.75) is 36.2 Å². The molecule has 2 unspecified atom stereocenters. The minimum atomic E-state index is 0.131. The van der Waals surface area contributed by atoms with Crippen LogP contribution in [0, 0.1) is 17.8 Å². The van der Waals surface area contributed by atoms with E-state index in [9.17, 15) is 4.79 Å². The first-order valence-corrected chi connectivity index (χ1v) is 13.2. The van der Waals surface area contributed by atoms with E-state index in [0.717, 1.165) is 29.8 Å². The molecule has 29 heavy (non-hydrogen) atoms. The topological polar surface area (TPSA) is 51.2 Å². The highest BCUT2D eigenvalue weighted by molar-refractivity contribution is 8.21. The normalized spacial score (nSPS) is 27.7. The van der Waals surface area contributed by atoms with Gasteiger partial charge in [-0.15, -0.1) is 34.9 Å². The van der Waals surface area contributed by atoms with Gasteiger partial charge in [0.2, 0.25) is 5.91 Å². The van der Waals surface area contributed by atoms with Crippen molar-refractivity contribution in [3.8, 4) is 17.0 Å². The largest absolute Gasteiger partial charge is 0.497 e. The van der Waals surface area contributed by atoms with Crippen LogP contribution in [-0.2, 0) is 4.79 Å². The lowest BCUT2D eigenvalue weighted by Gasteiger charge is -2.51. The van der Waals surface area contributed by atoms with Crippen molar-refractivity contribution >= 4 is 45.9 Å². The lowest BCUT2D eigenvalue weighted by atomic mass is 9.67. The van der Waals surface area contributed by atoms with Gasteiger partial charge in [0.15, 0.2) is 5.13 Å². The molecule has 1 N–H and O–H groups in total. The number of anilines is 1. The summed E-state index contributed by atoms with van der Waals surface area (Å²) >= 11 is 5.89. The van der Waals surface area contributed by atoms with Crippen molar-refractivity contribution in [3.63, 3.8) is 0 Å². The summed E-state index contributed by atoms with van der Waals surface area (Å²) in [5, 5.41) is 5.84. The van der Waals surface area contributed by atoms with Gasteiger partial charge in [-0.2, -0.15) is 0 Å². The van der Waals surface area contributed by atoms with E-state index in [1.165, 1.54) is 42.1 Å². The summed E-state index contributed by atoms with van der Waals surface area (Å²) in [4.78, 5) is 17.7. The molecule has 1 aromatic carbocycles. The molecular weight excluding hydrogens is 420 g/mol. The van der Waals surface area contributed by atoms with Crippen molar-refractivity contribution < 1.29 is 9.53 Å². The molecule has 1 amide bonds. The van der Waals surface area contributed by atoms with Gasteiger partial charge in [-0.3, -0.25) is 4.79 Å². The third kappa shape index (κ3) is 3.70. The number of carbonyl (C=O) groups is 1. The molecule has 0 radical (unpaired) electrons. The number of aromatic nitrogens is 1. The lowest BCUT2D eigenvalue weighted by Crippen LogP contribution is -2.48. The predicted octanol–water partition coefficient (Wildman–Crippen LogP) is 5.76. The molecule has 1 saturated heterocycles. The number of nitrogens with zero attached hydrogens (tertiary/aromatic N) is 1. The predicted molar refractivity (Wildman–Crippen MR) is 124 cm³/mol. The van der Waals surface area contributed by atoms with Gasteiger partial charge < -0.3 is 10.1 Å². The number of benzene rings is 1. The Bertz CT molecular complexity index is 860. The second kappa shape index (κ2) is 8.16. The molecule has 1 aliphatic heterocycles. The third-order valence-electron chi connectivity index (χ3n) is 6.61. The molecule has 7 heteroatoms. The van der Waals surface area contributed by atoms with Crippen molar-refractivity contribution in [1.29, 1.82) is 0 Å². The zero-order chi connectivity index (χ0) is 19.8. The maximum atomic E-state index is 13.1. The molecule has 3 aliphatic rings. The Hall–Kier alpha value is -1.18. The van der Waals surface area contributed by atoms with E-state index in [1.54, 1.807) is 7.11 Å². The maximum absolute atomic E-state index is 13.1. The van der Waals surface area contributed by atoms with Gasteiger partial charge in [-0.25, -0.2) is 4.98 Å². The van der Waals surface area contributed by atoms with Gasteiger partial charge in [0, 0.05) is 28.4 Å². The minimum Gasteiger partial charge on any atom is -0.497 e. The Kier molecular flexibility index (Phi) is 5.56. The number of amides is 1. The number of thioether (sulfide) groups is 2. The molecule has 2 bridgehead atoms. The van der Waals surface area contributed by atoms with E-state index in [-0.39, 0.29) is 11.8 Å². The fourth-order valence-electron chi connectivity index (χ4n) is 5.26. The Morgan fingerprint density at radius 1 is 1.14 bits per heavy atom. The summed E-state index contributed by atoms with van der Waals surface area (Å²) in [5.74, 6) is 5.07. The number of methoxy groups -OCH3 is 1. The van der Waals surface area contributed by atoms with Crippen LogP contribution in [0.2, 0.25) is 0 Å². The highest BCUT2D eigenvalue weighted by Gasteiger charge is 2.55. The molecule has 2 aliphatic carbocycles. The zero-order valence-corrected chi connectivity index (χ0v) is 19.0. The summed E-state index contributed by atoms with van der Waals surface area (Å²) in [6.07, 6.45) is 6.00. The quantitative estimate of drug-likeness (QED) is 0.647. The summed E-state index contributed by atoms with van der Waals surface area (Å²) in [6.45, 7) is 0. The van der Waals surface area contributed by atoms with E-state index in [0.29, 0.717) is 21.0 Å². The number of carbonyl (C=O) groups excluding carboxylic acids is 1. The highest BCUT2D eigenvalue weighted by atomic mass is 32.2. The van der Waals surface area contributed by atoms with Crippen molar-refractivity contribution in [2.75, 3.05) is 23.9 Å². The van der Waals surface area contributed by atoms with Crippen LogP contribution in [0.1, 0.15) is 32.1 Å². The number of hydrogen-bond donors (Lipinski definition) is 1. The monoisotopic (exact) mass is 446 g/mol. The molecule has 2 aromatic rings. The molecule has 4 nitrogen and oxygen atoms in total. The molecule has 2 saturated carbocycles. The number of nitrogens with one attached hydrogen (secondary N) is 1. The number of thiazole rings is 1. The molecule has 1 spiro atoms. The number of ether oxygens (including phenoxy) is 1. The Labute approximate surface area is 184 Å². The van der Waals surface area contributed by atoms with Crippen LogP contribution in [0.25, 0.3) is 11.3 Å². The van der Waals surface area contributed by atoms with Gasteiger partial charge in [-0.05, 0) is 61.8 Å². The van der Waals surface area contributed by atoms with Crippen LogP contribution in [0.4, 0.5) is 5.13 Å². The zero-order valence-electron chi connectivity index (χ0n) is 16.6. The Morgan fingerprint density at radius 2 is 1.83 bits per heavy atom. The van der Waals surface area contributed by atoms with E-state index >= 15 is 0 Å². The van der Waals surface area contributed by atoms with Crippen LogP contribution >= 0.6 is 34.9 Å². The second-order valence-electron chi connectivity index (χ2n) is 8.17. The Morgan fingerprint density at radius 3 is 2.48 bits per heavy atom. The van der Waals surface area contributed by atoms with E-state index in [4.69, 9.17) is 4.74 Å². The van der Waals surface area contributed by atoms with Gasteiger partial charge in [0.25, 0.3) is 0 Å². The summed E-state index contributed by atoms with van der Waals surface area (Å²) in [6, 6.07) is 7.86. The third-order valence-corrected chi connectivity index (χ3v) is 11.4. The first-order valence-electron chi connectivity index (χ1n) is 10.4. The first-order chi connectivity index (χ1) is 14.2. The van der Waals surface area contributed by atoms with Gasteiger partial charge in [0.05, 0.1) is 16.9 Å². The van der Waals surface area contributed by atoms with Gasteiger partial charge >= 0.3 is 0 Å². The number of rotatable bonds is 4. The van der Waals surface area contributed by atoms with Crippen molar-refractivity contribution in [3.05, 3.63) is 29.6 Å². The molecule has 5 rings (SSSR count). The summed E-state index contributed by atoms with van der Waals surface area (Å²) in [5.41, 5.74) is 1.93. The van der Waals surface area contributed by atoms with Crippen molar-refractivity contribution in [1.82, 2.24) is 4.98 Å². The summed E-state index contributed by atoms with van der Waals surface area (Å²) in [7, 11) is 1.66.